The molecule has 0 spiro atoms. The molecule has 0 radical (unpaired) electrons. The van der Waals surface area contributed by atoms with Crippen LogP contribution in [0.2, 0.25) is 0 Å². The molecule has 0 saturated carbocycles. The predicted molar refractivity (Wildman–Crippen MR) is 128 cm³/mol. The van der Waals surface area contributed by atoms with E-state index in [1.807, 2.05) is 74.5 Å². The number of anilines is 1. The van der Waals surface area contributed by atoms with Gasteiger partial charge >= 0.3 is 5.97 Å². The van der Waals surface area contributed by atoms with Gasteiger partial charge in [-0.15, -0.1) is 0 Å². The highest BCUT2D eigenvalue weighted by molar-refractivity contribution is 6.06. The molecule has 0 bridgehead atoms. The standard InChI is InChI=1S/C27H30N2O4/c1-17(2)16-21(27(26(32)33)14-8-9-15-27)24(30)28-23-20-12-5-4-10-18(20)19-11-6-7-13-22(19)29(3)25(23)31/h4-13,17,21,23H,14-16H2,1-3H3,(H,28,30)(H,32,33). The number of amides is 2. The molecule has 0 aromatic heterocycles. The lowest BCUT2D eigenvalue weighted by atomic mass is 9.69. The van der Waals surface area contributed by atoms with E-state index in [0.717, 1.165) is 16.8 Å². The number of carbonyl (C=O) groups excluding carboxylic acids is 2. The molecule has 1 heterocycles. The molecule has 2 amide bonds. The fourth-order valence-corrected chi connectivity index (χ4v) is 5.15. The predicted octanol–water partition coefficient (Wildman–Crippen LogP) is 4.57. The lowest BCUT2D eigenvalue weighted by molar-refractivity contribution is -0.157. The molecule has 2 aromatic rings. The average molecular weight is 447 g/mol. The number of nitrogens with one attached hydrogen (secondary N) is 1. The Morgan fingerprint density at radius 3 is 2.30 bits per heavy atom. The molecular formula is C27H30N2O4. The Bertz CT molecular complexity index is 1110. The number of carboxylic acid groups (broad SMARTS) is 1. The minimum Gasteiger partial charge on any atom is -0.481 e. The van der Waals surface area contributed by atoms with Gasteiger partial charge in [-0.05, 0) is 42.4 Å². The summed E-state index contributed by atoms with van der Waals surface area (Å²) in [6.07, 6.45) is 4.73. The second-order valence-electron chi connectivity index (χ2n) is 9.47. The molecule has 2 atom stereocenters. The van der Waals surface area contributed by atoms with Crippen LogP contribution in [0.25, 0.3) is 11.1 Å². The van der Waals surface area contributed by atoms with Crippen molar-refractivity contribution in [1.82, 2.24) is 5.32 Å². The Kier molecular flexibility index (Phi) is 6.11. The fourth-order valence-electron chi connectivity index (χ4n) is 5.15. The van der Waals surface area contributed by atoms with Crippen molar-refractivity contribution in [3.05, 3.63) is 66.2 Å². The van der Waals surface area contributed by atoms with Gasteiger partial charge in [-0.25, -0.2) is 0 Å². The number of carbonyl (C=O) groups is 3. The van der Waals surface area contributed by atoms with Gasteiger partial charge in [0.15, 0.2) is 0 Å². The molecular weight excluding hydrogens is 416 g/mol. The summed E-state index contributed by atoms with van der Waals surface area (Å²) in [7, 11) is 1.71. The van der Waals surface area contributed by atoms with Gasteiger partial charge < -0.3 is 15.3 Å². The number of carboxylic acids is 1. The van der Waals surface area contributed by atoms with Crippen LogP contribution in [0, 0.1) is 17.3 Å². The van der Waals surface area contributed by atoms with E-state index in [-0.39, 0.29) is 17.7 Å². The molecule has 2 aromatic carbocycles. The number of likely N-dealkylation sites (N-methyl/N-ethyl adjacent to an activating group) is 1. The van der Waals surface area contributed by atoms with Gasteiger partial charge in [0.1, 0.15) is 6.04 Å². The molecule has 2 aliphatic rings. The molecule has 4 rings (SSSR count). The molecule has 172 valence electrons. The monoisotopic (exact) mass is 446 g/mol. The zero-order chi connectivity index (χ0) is 23.8. The lowest BCUT2D eigenvalue weighted by Gasteiger charge is -2.35. The summed E-state index contributed by atoms with van der Waals surface area (Å²) in [5.41, 5.74) is 2.10. The first-order chi connectivity index (χ1) is 15.8. The smallest absolute Gasteiger partial charge is 0.311 e. The van der Waals surface area contributed by atoms with Crippen molar-refractivity contribution in [2.75, 3.05) is 11.9 Å². The van der Waals surface area contributed by atoms with Crippen LogP contribution in [-0.4, -0.2) is 29.9 Å². The first-order valence-corrected chi connectivity index (χ1v) is 11.4. The van der Waals surface area contributed by atoms with Crippen LogP contribution >= 0.6 is 0 Å². The van der Waals surface area contributed by atoms with Crippen LogP contribution in [0.5, 0.6) is 0 Å². The highest BCUT2D eigenvalue weighted by atomic mass is 16.4. The number of aliphatic carboxylic acids is 1. The van der Waals surface area contributed by atoms with Gasteiger partial charge in [-0.3, -0.25) is 14.4 Å². The highest BCUT2D eigenvalue weighted by Gasteiger charge is 2.50. The Labute approximate surface area is 194 Å². The van der Waals surface area contributed by atoms with Crippen molar-refractivity contribution in [3.63, 3.8) is 0 Å². The van der Waals surface area contributed by atoms with E-state index in [9.17, 15) is 19.5 Å². The van der Waals surface area contributed by atoms with Crippen molar-refractivity contribution in [1.29, 1.82) is 0 Å². The fraction of sp³-hybridized carbons (Fsp3) is 0.370. The van der Waals surface area contributed by atoms with Crippen LogP contribution in [-0.2, 0) is 14.4 Å². The van der Waals surface area contributed by atoms with Crippen molar-refractivity contribution in [3.8, 4) is 11.1 Å². The van der Waals surface area contributed by atoms with Crippen LogP contribution in [0.1, 0.15) is 44.7 Å². The average Bonchev–Trinajstić information content (AvgIpc) is 3.28. The van der Waals surface area contributed by atoms with E-state index in [0.29, 0.717) is 24.8 Å². The van der Waals surface area contributed by atoms with Crippen LogP contribution in [0.3, 0.4) is 0 Å². The van der Waals surface area contributed by atoms with E-state index >= 15 is 0 Å². The van der Waals surface area contributed by atoms with E-state index in [1.165, 1.54) is 0 Å². The lowest BCUT2D eigenvalue weighted by Crippen LogP contribution is -2.49. The summed E-state index contributed by atoms with van der Waals surface area (Å²) in [6.45, 7) is 3.96. The SMILES string of the molecule is CC(C)CC(C(=O)NC1C(=O)N(C)c2ccccc2-c2ccccc21)C1(C(=O)O)CC=CC1. The molecule has 2 N–H and O–H groups in total. The van der Waals surface area contributed by atoms with Crippen LogP contribution in [0.4, 0.5) is 5.69 Å². The molecule has 6 nitrogen and oxygen atoms in total. The van der Waals surface area contributed by atoms with Gasteiger partial charge in [0.05, 0.1) is 17.0 Å². The summed E-state index contributed by atoms with van der Waals surface area (Å²) in [6, 6.07) is 14.3. The second-order valence-corrected chi connectivity index (χ2v) is 9.47. The first-order valence-electron chi connectivity index (χ1n) is 11.4. The van der Waals surface area contributed by atoms with E-state index in [1.54, 1.807) is 11.9 Å². The summed E-state index contributed by atoms with van der Waals surface area (Å²) in [5.74, 6) is -2.23. The Morgan fingerprint density at radius 1 is 1.06 bits per heavy atom. The topological polar surface area (TPSA) is 86.7 Å². The van der Waals surface area contributed by atoms with E-state index in [4.69, 9.17) is 0 Å². The maximum Gasteiger partial charge on any atom is 0.311 e. The van der Waals surface area contributed by atoms with Crippen LogP contribution in [0.15, 0.2) is 60.7 Å². The Morgan fingerprint density at radius 2 is 1.67 bits per heavy atom. The third-order valence-corrected chi connectivity index (χ3v) is 6.94. The normalized spacial score (nSPS) is 19.6. The number of para-hydroxylation sites is 1. The third kappa shape index (κ3) is 3.94. The minimum absolute atomic E-state index is 0.127. The molecule has 2 unspecified atom stereocenters. The van der Waals surface area contributed by atoms with Crippen molar-refractivity contribution < 1.29 is 19.5 Å². The number of rotatable bonds is 6. The maximum absolute atomic E-state index is 13.7. The van der Waals surface area contributed by atoms with Gasteiger partial charge in [0, 0.05) is 12.6 Å². The molecule has 1 aliphatic heterocycles. The summed E-state index contributed by atoms with van der Waals surface area (Å²) in [5, 5.41) is 13.1. The third-order valence-electron chi connectivity index (χ3n) is 6.94. The summed E-state index contributed by atoms with van der Waals surface area (Å²) in [4.78, 5) is 41.2. The highest BCUT2D eigenvalue weighted by Crippen LogP contribution is 2.45. The van der Waals surface area contributed by atoms with Gasteiger partial charge in [0.25, 0.3) is 5.91 Å². The van der Waals surface area contributed by atoms with Crippen LogP contribution < -0.4 is 10.2 Å². The van der Waals surface area contributed by atoms with Gasteiger partial charge in [-0.1, -0.05) is 68.5 Å². The van der Waals surface area contributed by atoms with E-state index in [2.05, 4.69) is 5.32 Å². The van der Waals surface area contributed by atoms with Crippen molar-refractivity contribution in [2.24, 2.45) is 17.3 Å². The van der Waals surface area contributed by atoms with Gasteiger partial charge in [0.2, 0.25) is 5.91 Å². The number of fused-ring (bicyclic) bond motifs is 3. The van der Waals surface area contributed by atoms with Crippen molar-refractivity contribution in [2.45, 2.75) is 39.2 Å². The maximum atomic E-state index is 13.7. The molecule has 1 aliphatic carbocycles. The Hall–Kier alpha value is -3.41. The number of hydrogen-bond donors (Lipinski definition) is 2. The second kappa shape index (κ2) is 8.85. The number of hydrogen-bond acceptors (Lipinski definition) is 3. The number of nitrogens with zero attached hydrogens (tertiary/aromatic N) is 1. The first kappa shape index (κ1) is 22.8. The zero-order valence-corrected chi connectivity index (χ0v) is 19.2. The largest absolute Gasteiger partial charge is 0.481 e. The number of allylic oxidation sites excluding steroid dienone is 2. The summed E-state index contributed by atoms with van der Waals surface area (Å²) >= 11 is 0. The van der Waals surface area contributed by atoms with Gasteiger partial charge in [-0.2, -0.15) is 0 Å². The minimum atomic E-state index is -1.18. The van der Waals surface area contributed by atoms with E-state index < -0.39 is 23.3 Å². The number of benzene rings is 2. The molecule has 0 saturated heterocycles. The Balaban J connectivity index is 1.75. The zero-order valence-electron chi connectivity index (χ0n) is 19.2. The molecule has 33 heavy (non-hydrogen) atoms. The summed E-state index contributed by atoms with van der Waals surface area (Å²) < 4.78 is 0. The quantitative estimate of drug-likeness (QED) is 0.637. The molecule has 6 heteroatoms. The molecule has 0 fully saturated rings. The van der Waals surface area contributed by atoms with Crippen molar-refractivity contribution >= 4 is 23.5 Å².